The maximum Gasteiger partial charge on any atom is 0.0737 e. The van der Waals surface area contributed by atoms with Crippen LogP contribution in [0.15, 0.2) is 30.5 Å². The molecule has 1 fully saturated rings. The van der Waals surface area contributed by atoms with E-state index in [1.807, 2.05) is 6.20 Å². The van der Waals surface area contributed by atoms with Crippen molar-refractivity contribution in [2.75, 3.05) is 13.1 Å². The van der Waals surface area contributed by atoms with Gasteiger partial charge in [-0.3, -0.25) is 4.98 Å². The fourth-order valence-electron chi connectivity index (χ4n) is 2.67. The average molecular weight is 226 g/mol. The Bertz CT molecular complexity index is 527. The molecule has 1 N–H and O–H groups in total. The highest BCUT2D eigenvalue weighted by atomic mass is 14.9. The number of hydrogen-bond donors (Lipinski definition) is 1. The lowest BCUT2D eigenvalue weighted by atomic mass is 9.95. The van der Waals surface area contributed by atoms with Crippen LogP contribution in [0, 0.1) is 0 Å². The van der Waals surface area contributed by atoms with Crippen LogP contribution in [-0.2, 0) is 6.42 Å². The Morgan fingerprint density at radius 3 is 3.12 bits per heavy atom. The van der Waals surface area contributed by atoms with Gasteiger partial charge in [-0.2, -0.15) is 0 Å². The maximum atomic E-state index is 4.67. The molecule has 17 heavy (non-hydrogen) atoms. The number of aryl methyl sites for hydroxylation is 1. The first-order chi connectivity index (χ1) is 8.38. The van der Waals surface area contributed by atoms with E-state index in [-0.39, 0.29) is 0 Å². The first kappa shape index (κ1) is 10.7. The summed E-state index contributed by atoms with van der Waals surface area (Å²) in [4.78, 5) is 4.67. The Kier molecular flexibility index (Phi) is 2.81. The molecule has 1 aromatic carbocycles. The second-order valence-corrected chi connectivity index (χ2v) is 4.81. The lowest BCUT2D eigenvalue weighted by molar-refractivity contribution is 0.768. The highest BCUT2D eigenvalue weighted by Crippen LogP contribution is 2.28. The van der Waals surface area contributed by atoms with Crippen LogP contribution in [0.4, 0.5) is 0 Å². The smallest absolute Gasteiger partial charge is 0.0737 e. The van der Waals surface area contributed by atoms with E-state index in [1.165, 1.54) is 28.5 Å². The number of nitrogens with zero attached hydrogens (tertiary/aromatic N) is 1. The second-order valence-electron chi connectivity index (χ2n) is 4.81. The van der Waals surface area contributed by atoms with Crippen molar-refractivity contribution < 1.29 is 0 Å². The summed E-state index contributed by atoms with van der Waals surface area (Å²) in [6.07, 6.45) is 4.31. The van der Waals surface area contributed by atoms with Gasteiger partial charge in [-0.1, -0.05) is 25.1 Å². The molecule has 2 aromatic rings. The van der Waals surface area contributed by atoms with Crippen molar-refractivity contribution in [3.05, 3.63) is 41.6 Å². The minimum absolute atomic E-state index is 0.638. The van der Waals surface area contributed by atoms with E-state index in [0.29, 0.717) is 5.92 Å². The molecule has 0 aliphatic carbocycles. The van der Waals surface area contributed by atoms with Crippen LogP contribution in [0.25, 0.3) is 10.9 Å². The molecule has 1 aromatic heterocycles. The molecule has 1 saturated heterocycles. The number of aromatic nitrogens is 1. The predicted octanol–water partition coefficient (Wildman–Crippen LogP) is 2.87. The monoisotopic (exact) mass is 226 g/mol. The number of rotatable bonds is 2. The Morgan fingerprint density at radius 2 is 2.35 bits per heavy atom. The number of pyridine rings is 1. The third-order valence-electron chi connectivity index (χ3n) is 3.71. The molecule has 0 unspecified atom stereocenters. The average Bonchev–Trinajstić information content (AvgIpc) is 2.91. The highest BCUT2D eigenvalue weighted by Gasteiger charge is 2.19. The Morgan fingerprint density at radius 1 is 1.41 bits per heavy atom. The van der Waals surface area contributed by atoms with Crippen molar-refractivity contribution in [2.45, 2.75) is 25.7 Å². The molecule has 2 heterocycles. The summed E-state index contributed by atoms with van der Waals surface area (Å²) < 4.78 is 0. The van der Waals surface area contributed by atoms with Crippen LogP contribution >= 0.6 is 0 Å². The highest BCUT2D eigenvalue weighted by molar-refractivity contribution is 5.82. The number of benzene rings is 1. The van der Waals surface area contributed by atoms with E-state index in [9.17, 15) is 0 Å². The lowest BCUT2D eigenvalue weighted by Crippen LogP contribution is -2.08. The van der Waals surface area contributed by atoms with E-state index < -0.39 is 0 Å². The van der Waals surface area contributed by atoms with Gasteiger partial charge in [0.2, 0.25) is 0 Å². The standard InChI is InChI=1S/C15H18N2/c1-2-11-8-12-4-3-5-14(15(12)17-9-11)13-6-7-16-10-13/h3-5,8-9,13,16H,2,6-7,10H2,1H3/t13-/m1/s1. The minimum atomic E-state index is 0.638. The van der Waals surface area contributed by atoms with Crippen molar-refractivity contribution in [3.63, 3.8) is 0 Å². The van der Waals surface area contributed by atoms with Crippen LogP contribution in [0.2, 0.25) is 0 Å². The molecule has 0 spiro atoms. The van der Waals surface area contributed by atoms with Gasteiger partial charge in [-0.15, -0.1) is 0 Å². The Labute approximate surface area is 102 Å². The van der Waals surface area contributed by atoms with Crippen molar-refractivity contribution in [2.24, 2.45) is 0 Å². The van der Waals surface area contributed by atoms with E-state index in [1.54, 1.807) is 0 Å². The van der Waals surface area contributed by atoms with Crippen LogP contribution < -0.4 is 5.32 Å². The predicted molar refractivity (Wildman–Crippen MR) is 71.3 cm³/mol. The van der Waals surface area contributed by atoms with Crippen LogP contribution in [0.3, 0.4) is 0 Å². The molecule has 1 atom stereocenters. The van der Waals surface area contributed by atoms with Gasteiger partial charge in [0.1, 0.15) is 0 Å². The van der Waals surface area contributed by atoms with Crippen molar-refractivity contribution in [1.29, 1.82) is 0 Å². The van der Waals surface area contributed by atoms with Gasteiger partial charge in [0.15, 0.2) is 0 Å². The van der Waals surface area contributed by atoms with Crippen molar-refractivity contribution in [1.82, 2.24) is 10.3 Å². The van der Waals surface area contributed by atoms with Gasteiger partial charge in [-0.25, -0.2) is 0 Å². The molecular formula is C15H18N2. The van der Waals surface area contributed by atoms with Crippen LogP contribution in [0.1, 0.15) is 30.4 Å². The molecule has 2 heteroatoms. The summed E-state index contributed by atoms with van der Waals surface area (Å²) in [6.45, 7) is 4.40. The summed E-state index contributed by atoms with van der Waals surface area (Å²) >= 11 is 0. The number of hydrogen-bond acceptors (Lipinski definition) is 2. The van der Waals surface area contributed by atoms with E-state index >= 15 is 0 Å². The molecule has 0 saturated carbocycles. The van der Waals surface area contributed by atoms with Gasteiger partial charge in [0.25, 0.3) is 0 Å². The number of fused-ring (bicyclic) bond motifs is 1. The normalized spacial score (nSPS) is 19.9. The molecular weight excluding hydrogens is 208 g/mol. The fourth-order valence-corrected chi connectivity index (χ4v) is 2.67. The largest absolute Gasteiger partial charge is 0.316 e. The molecule has 1 aliphatic heterocycles. The third kappa shape index (κ3) is 1.93. The fraction of sp³-hybridized carbons (Fsp3) is 0.400. The SMILES string of the molecule is CCc1cnc2c([C@@H]3CCNC3)cccc2c1. The van der Waals surface area contributed by atoms with Gasteiger partial charge in [-0.05, 0) is 42.5 Å². The zero-order chi connectivity index (χ0) is 11.7. The molecule has 1 aliphatic rings. The first-order valence-corrected chi connectivity index (χ1v) is 6.46. The number of nitrogens with one attached hydrogen (secondary N) is 1. The van der Waals surface area contributed by atoms with Gasteiger partial charge >= 0.3 is 0 Å². The van der Waals surface area contributed by atoms with Gasteiger partial charge < -0.3 is 5.32 Å². The van der Waals surface area contributed by atoms with Crippen molar-refractivity contribution in [3.8, 4) is 0 Å². The van der Waals surface area contributed by atoms with Crippen LogP contribution in [-0.4, -0.2) is 18.1 Å². The Hall–Kier alpha value is -1.41. The summed E-state index contributed by atoms with van der Waals surface area (Å²) in [5, 5.41) is 4.72. The minimum Gasteiger partial charge on any atom is -0.316 e. The quantitative estimate of drug-likeness (QED) is 0.851. The third-order valence-corrected chi connectivity index (χ3v) is 3.71. The summed E-state index contributed by atoms with van der Waals surface area (Å²) in [6, 6.07) is 8.84. The van der Waals surface area contributed by atoms with Gasteiger partial charge in [0.05, 0.1) is 5.52 Å². The van der Waals surface area contributed by atoms with Crippen molar-refractivity contribution >= 4 is 10.9 Å². The van der Waals surface area contributed by atoms with E-state index in [2.05, 4.69) is 41.5 Å². The van der Waals surface area contributed by atoms with E-state index in [0.717, 1.165) is 19.5 Å². The summed E-state index contributed by atoms with van der Waals surface area (Å²) in [5.41, 5.74) is 3.92. The lowest BCUT2D eigenvalue weighted by Gasteiger charge is -2.12. The first-order valence-electron chi connectivity index (χ1n) is 6.46. The summed E-state index contributed by atoms with van der Waals surface area (Å²) in [7, 11) is 0. The number of para-hydroxylation sites is 1. The maximum absolute atomic E-state index is 4.67. The molecule has 2 nitrogen and oxygen atoms in total. The molecule has 3 rings (SSSR count). The molecule has 0 bridgehead atoms. The zero-order valence-electron chi connectivity index (χ0n) is 10.2. The molecule has 0 radical (unpaired) electrons. The van der Waals surface area contributed by atoms with E-state index in [4.69, 9.17) is 0 Å². The molecule has 0 amide bonds. The zero-order valence-corrected chi connectivity index (χ0v) is 10.2. The Balaban J connectivity index is 2.12. The summed E-state index contributed by atoms with van der Waals surface area (Å²) in [5.74, 6) is 0.638. The topological polar surface area (TPSA) is 24.9 Å². The van der Waals surface area contributed by atoms with Gasteiger partial charge in [0, 0.05) is 18.1 Å². The van der Waals surface area contributed by atoms with Crippen LogP contribution in [0.5, 0.6) is 0 Å². The second kappa shape index (κ2) is 4.46. The molecule has 88 valence electrons.